The van der Waals surface area contributed by atoms with Crippen LogP contribution in [0.25, 0.3) is 21.0 Å². The van der Waals surface area contributed by atoms with E-state index >= 15 is 0 Å². The lowest BCUT2D eigenvalue weighted by atomic mass is 10.2. The van der Waals surface area contributed by atoms with Crippen LogP contribution in [0.2, 0.25) is 0 Å². The van der Waals surface area contributed by atoms with E-state index < -0.39 is 7.25 Å². The number of rotatable bonds is 3. The molecule has 0 radical (unpaired) electrons. The fraction of sp³-hybridized carbons (Fsp3) is 0.118. The summed E-state index contributed by atoms with van der Waals surface area (Å²) in [6.07, 6.45) is 0. The molecule has 0 spiro atoms. The van der Waals surface area contributed by atoms with Crippen molar-refractivity contribution in [2.75, 3.05) is 7.11 Å². The molecule has 0 aliphatic carbocycles. The molecule has 0 N–H and O–H groups in total. The first-order chi connectivity index (χ1) is 11.8. The molecule has 3 aromatic rings. The van der Waals surface area contributed by atoms with Crippen molar-refractivity contribution < 1.29 is 26.6 Å². The van der Waals surface area contributed by atoms with Crippen molar-refractivity contribution in [3.8, 4) is 26.9 Å². The Bertz CT molecular complexity index is 801. The Hall–Kier alpha value is -2.35. The molecule has 132 valence electrons. The van der Waals surface area contributed by atoms with Crippen LogP contribution in [0.15, 0.2) is 60.7 Å². The quantitative estimate of drug-likeness (QED) is 0.351. The SMILES string of the molecule is COc1c(-c2ccccc2)sc(-c2ccccc2)[n+]1C.F[B-](F)(F)F. The maximum absolute atomic E-state index is 9.75. The van der Waals surface area contributed by atoms with Crippen LogP contribution < -0.4 is 9.30 Å². The second-order valence-corrected chi connectivity index (χ2v) is 6.03. The lowest BCUT2D eigenvalue weighted by Crippen LogP contribution is -2.29. The Morgan fingerprint density at radius 1 is 0.840 bits per heavy atom. The van der Waals surface area contributed by atoms with Crippen LogP contribution in [0.1, 0.15) is 0 Å². The van der Waals surface area contributed by atoms with E-state index in [2.05, 4.69) is 53.1 Å². The van der Waals surface area contributed by atoms with Crippen molar-refractivity contribution >= 4 is 18.6 Å². The van der Waals surface area contributed by atoms with Crippen LogP contribution in [0, 0.1) is 0 Å². The summed E-state index contributed by atoms with van der Waals surface area (Å²) in [6, 6.07) is 20.8. The molecule has 1 heterocycles. The van der Waals surface area contributed by atoms with E-state index in [4.69, 9.17) is 4.74 Å². The number of nitrogens with zero attached hydrogens (tertiary/aromatic N) is 1. The predicted molar refractivity (Wildman–Crippen MR) is 93.1 cm³/mol. The van der Waals surface area contributed by atoms with Gasteiger partial charge in [-0.2, -0.15) is 4.57 Å². The summed E-state index contributed by atoms with van der Waals surface area (Å²) < 4.78 is 46.7. The number of halogens is 4. The molecule has 0 aliphatic rings. The van der Waals surface area contributed by atoms with Gasteiger partial charge in [-0.15, -0.1) is 0 Å². The predicted octanol–water partition coefficient (Wildman–Crippen LogP) is 5.22. The number of aromatic nitrogens is 1. The largest absolute Gasteiger partial charge is 0.673 e. The Kier molecular flexibility index (Phi) is 6.19. The summed E-state index contributed by atoms with van der Waals surface area (Å²) in [6.45, 7) is 0. The van der Waals surface area contributed by atoms with E-state index in [-0.39, 0.29) is 0 Å². The molecule has 25 heavy (non-hydrogen) atoms. The van der Waals surface area contributed by atoms with Crippen molar-refractivity contribution in [1.29, 1.82) is 0 Å². The number of methoxy groups -OCH3 is 1. The monoisotopic (exact) mass is 369 g/mol. The first-order valence-electron chi connectivity index (χ1n) is 7.36. The van der Waals surface area contributed by atoms with Crippen LogP contribution >= 0.6 is 11.3 Å². The molecule has 0 saturated heterocycles. The van der Waals surface area contributed by atoms with Crippen LogP contribution in [-0.2, 0) is 7.05 Å². The van der Waals surface area contributed by atoms with Crippen molar-refractivity contribution in [2.45, 2.75) is 0 Å². The summed E-state index contributed by atoms with van der Waals surface area (Å²) in [4.78, 5) is 1.16. The van der Waals surface area contributed by atoms with Crippen molar-refractivity contribution in [1.82, 2.24) is 0 Å². The van der Waals surface area contributed by atoms with Gasteiger partial charge in [-0.05, 0) is 12.1 Å². The average molecular weight is 369 g/mol. The van der Waals surface area contributed by atoms with Crippen LogP contribution in [-0.4, -0.2) is 14.4 Å². The fourth-order valence-corrected chi connectivity index (χ4v) is 3.52. The maximum atomic E-state index is 9.75. The highest BCUT2D eigenvalue weighted by Crippen LogP contribution is 2.37. The highest BCUT2D eigenvalue weighted by molar-refractivity contribution is 7.18. The Labute approximate surface area is 147 Å². The summed E-state index contributed by atoms with van der Waals surface area (Å²) >= 11 is 1.75. The number of hydrogen-bond donors (Lipinski definition) is 0. The van der Waals surface area contributed by atoms with Gasteiger partial charge in [0.2, 0.25) is 0 Å². The third-order valence-electron chi connectivity index (χ3n) is 3.25. The molecule has 8 heteroatoms. The first kappa shape index (κ1) is 19.0. The minimum absolute atomic E-state index is 0.903. The van der Waals surface area contributed by atoms with Gasteiger partial charge in [0.25, 0.3) is 5.01 Å². The molecule has 0 amide bonds. The van der Waals surface area contributed by atoms with Gasteiger partial charge in [0, 0.05) is 5.56 Å². The number of hydrogen-bond acceptors (Lipinski definition) is 2. The van der Waals surface area contributed by atoms with Crippen LogP contribution in [0.4, 0.5) is 17.3 Å². The highest BCUT2D eigenvalue weighted by Gasteiger charge is 2.26. The second kappa shape index (κ2) is 8.16. The average Bonchev–Trinajstić information content (AvgIpc) is 2.91. The Morgan fingerprint density at radius 2 is 1.28 bits per heavy atom. The summed E-state index contributed by atoms with van der Waals surface area (Å²) in [5, 5.41) is 1.20. The molecule has 0 saturated carbocycles. The van der Waals surface area contributed by atoms with Crippen LogP contribution in [0.5, 0.6) is 5.88 Å². The number of benzene rings is 2. The highest BCUT2D eigenvalue weighted by atomic mass is 32.1. The minimum atomic E-state index is -6.00. The zero-order valence-electron chi connectivity index (χ0n) is 13.6. The maximum Gasteiger partial charge on any atom is 0.673 e. The van der Waals surface area contributed by atoms with E-state index in [1.165, 1.54) is 16.1 Å². The number of thiazole rings is 1. The molecule has 0 atom stereocenters. The molecular formula is C17H16BF4NOS. The molecule has 2 aromatic carbocycles. The molecule has 0 fully saturated rings. The summed E-state index contributed by atoms with van der Waals surface area (Å²) in [5.74, 6) is 0.903. The number of ether oxygens (including phenoxy) is 1. The Morgan fingerprint density at radius 3 is 1.72 bits per heavy atom. The molecular weight excluding hydrogens is 353 g/mol. The van der Waals surface area contributed by atoms with Gasteiger partial charge < -0.3 is 22.0 Å². The van der Waals surface area contributed by atoms with Gasteiger partial charge in [0.05, 0.1) is 12.7 Å². The van der Waals surface area contributed by atoms with E-state index in [9.17, 15) is 17.3 Å². The van der Waals surface area contributed by atoms with Crippen molar-refractivity contribution in [3.05, 3.63) is 60.7 Å². The van der Waals surface area contributed by atoms with Gasteiger partial charge in [-0.25, -0.2) is 0 Å². The smallest absolute Gasteiger partial charge is 0.447 e. The normalized spacial score (nSPS) is 10.8. The molecule has 0 unspecified atom stereocenters. The fourth-order valence-electron chi connectivity index (χ4n) is 2.29. The molecule has 0 bridgehead atoms. The van der Waals surface area contributed by atoms with Crippen molar-refractivity contribution in [2.24, 2.45) is 7.05 Å². The lowest BCUT2D eigenvalue weighted by molar-refractivity contribution is -0.661. The standard InChI is InChI=1S/C17H16NOS.BF4/c1-18-16(19-2)15(13-9-5-3-6-10-13)20-17(18)14-11-7-4-8-12-14;2-1(3,4)5/h3-12H,1-2H3;/q+1;-1. The van der Waals surface area contributed by atoms with E-state index in [0.717, 1.165) is 10.8 Å². The minimum Gasteiger partial charge on any atom is -0.447 e. The zero-order valence-corrected chi connectivity index (χ0v) is 14.4. The molecule has 1 aromatic heterocycles. The van der Waals surface area contributed by atoms with Gasteiger partial charge in [0.15, 0.2) is 4.88 Å². The van der Waals surface area contributed by atoms with Crippen molar-refractivity contribution in [3.63, 3.8) is 0 Å². The lowest BCUT2D eigenvalue weighted by Gasteiger charge is -1.97. The zero-order chi connectivity index (χ0) is 18.4. The van der Waals surface area contributed by atoms with Gasteiger partial charge in [-0.1, -0.05) is 59.9 Å². The second-order valence-electron chi connectivity index (χ2n) is 5.03. The summed E-state index contributed by atoms with van der Waals surface area (Å²) in [5.41, 5.74) is 2.40. The van der Waals surface area contributed by atoms with Crippen LogP contribution in [0.3, 0.4) is 0 Å². The molecule has 2 nitrogen and oxygen atoms in total. The van der Waals surface area contributed by atoms with Gasteiger partial charge in [-0.3, -0.25) is 0 Å². The topological polar surface area (TPSA) is 13.1 Å². The third kappa shape index (κ3) is 5.32. The third-order valence-corrected chi connectivity index (χ3v) is 4.57. The summed E-state index contributed by atoms with van der Waals surface area (Å²) in [7, 11) is -2.23. The van der Waals surface area contributed by atoms with E-state index in [1.807, 2.05) is 19.2 Å². The first-order valence-corrected chi connectivity index (χ1v) is 8.18. The van der Waals surface area contributed by atoms with E-state index in [0.29, 0.717) is 0 Å². The Balaban J connectivity index is 0.000000399. The van der Waals surface area contributed by atoms with Gasteiger partial charge in [0.1, 0.15) is 7.05 Å². The molecule has 0 aliphatic heterocycles. The van der Waals surface area contributed by atoms with Gasteiger partial charge >= 0.3 is 13.1 Å². The van der Waals surface area contributed by atoms with E-state index in [1.54, 1.807) is 18.4 Å². The molecule has 3 rings (SSSR count).